The number of anilines is 1. The van der Waals surface area contributed by atoms with Gasteiger partial charge in [-0.1, -0.05) is 0 Å². The van der Waals surface area contributed by atoms with Gasteiger partial charge in [-0.25, -0.2) is 13.8 Å². The van der Waals surface area contributed by atoms with Crippen LogP contribution in [0.2, 0.25) is 0 Å². The lowest BCUT2D eigenvalue weighted by Gasteiger charge is -2.32. The van der Waals surface area contributed by atoms with Crippen LogP contribution in [0.5, 0.6) is 6.01 Å². The van der Waals surface area contributed by atoms with Crippen molar-refractivity contribution >= 4 is 5.82 Å². The highest BCUT2D eigenvalue weighted by Crippen LogP contribution is 2.34. The smallest absolute Gasteiger partial charge is 0.318 e. The van der Waals surface area contributed by atoms with Crippen molar-refractivity contribution in [1.82, 2.24) is 9.97 Å². The molecule has 0 amide bonds. The van der Waals surface area contributed by atoms with E-state index in [1.165, 1.54) is 12.0 Å². The highest BCUT2D eigenvalue weighted by atomic mass is 19.3. The summed E-state index contributed by atoms with van der Waals surface area (Å²) in [6, 6.07) is 0.216. The SMILES string of the molecule is COc1nc(C)c2c(n1)N(C)CC(F)(F)C2. The maximum atomic E-state index is 13.4. The van der Waals surface area contributed by atoms with Gasteiger partial charge < -0.3 is 9.64 Å². The maximum Gasteiger partial charge on any atom is 0.318 e. The van der Waals surface area contributed by atoms with Gasteiger partial charge >= 0.3 is 6.01 Å². The van der Waals surface area contributed by atoms with Gasteiger partial charge in [0, 0.05) is 19.0 Å². The molecule has 0 aromatic carbocycles. The van der Waals surface area contributed by atoms with Crippen molar-refractivity contribution in [2.45, 2.75) is 19.3 Å². The molecule has 0 saturated carbocycles. The molecule has 0 unspecified atom stereocenters. The third-order valence-corrected chi connectivity index (χ3v) is 2.62. The van der Waals surface area contributed by atoms with Crippen molar-refractivity contribution in [3.05, 3.63) is 11.3 Å². The van der Waals surface area contributed by atoms with Crippen LogP contribution in [-0.2, 0) is 6.42 Å². The second-order valence-electron chi connectivity index (χ2n) is 3.99. The second kappa shape index (κ2) is 3.54. The molecule has 0 N–H and O–H groups in total. The van der Waals surface area contributed by atoms with Crippen LogP contribution in [0, 0.1) is 6.92 Å². The van der Waals surface area contributed by atoms with Gasteiger partial charge in [0.15, 0.2) is 0 Å². The van der Waals surface area contributed by atoms with Crippen molar-refractivity contribution in [1.29, 1.82) is 0 Å². The fraction of sp³-hybridized carbons (Fsp3) is 0.600. The van der Waals surface area contributed by atoms with Crippen LogP contribution in [0.25, 0.3) is 0 Å². The van der Waals surface area contributed by atoms with Crippen LogP contribution in [-0.4, -0.2) is 36.6 Å². The fourth-order valence-electron chi connectivity index (χ4n) is 1.91. The first-order chi connectivity index (χ1) is 7.43. The molecule has 0 fully saturated rings. The average Bonchev–Trinajstić information content (AvgIpc) is 2.18. The topological polar surface area (TPSA) is 38.3 Å². The lowest BCUT2D eigenvalue weighted by atomic mass is 10.0. The predicted octanol–water partition coefficient (Wildman–Crippen LogP) is 1.42. The van der Waals surface area contributed by atoms with Crippen LogP contribution < -0.4 is 9.64 Å². The number of aromatic nitrogens is 2. The number of ether oxygens (including phenoxy) is 1. The van der Waals surface area contributed by atoms with Crippen LogP contribution in [0.1, 0.15) is 11.3 Å². The van der Waals surface area contributed by atoms with Crippen molar-refractivity contribution in [3.8, 4) is 6.01 Å². The Kier molecular flexibility index (Phi) is 2.44. The summed E-state index contributed by atoms with van der Waals surface area (Å²) in [7, 11) is 3.05. The Bertz CT molecular complexity index is 423. The van der Waals surface area contributed by atoms with E-state index in [-0.39, 0.29) is 19.0 Å². The Labute approximate surface area is 92.3 Å². The number of alkyl halides is 2. The van der Waals surface area contributed by atoms with Gasteiger partial charge in [-0.2, -0.15) is 4.98 Å². The van der Waals surface area contributed by atoms with Crippen LogP contribution in [0.15, 0.2) is 0 Å². The number of rotatable bonds is 1. The average molecular weight is 229 g/mol. The van der Waals surface area contributed by atoms with E-state index < -0.39 is 5.92 Å². The van der Waals surface area contributed by atoms with Gasteiger partial charge in [-0.05, 0) is 6.92 Å². The molecule has 1 aromatic rings. The van der Waals surface area contributed by atoms with Gasteiger partial charge in [0.2, 0.25) is 0 Å². The summed E-state index contributed by atoms with van der Waals surface area (Å²) in [5.41, 5.74) is 1.05. The summed E-state index contributed by atoms with van der Waals surface area (Å²) < 4.78 is 31.7. The lowest BCUT2D eigenvalue weighted by Crippen LogP contribution is -2.42. The van der Waals surface area contributed by atoms with E-state index in [2.05, 4.69) is 9.97 Å². The summed E-state index contributed by atoms with van der Waals surface area (Å²) in [5.74, 6) is -2.18. The molecule has 2 heterocycles. The summed E-state index contributed by atoms with van der Waals surface area (Å²) in [4.78, 5) is 9.55. The minimum absolute atomic E-state index is 0.216. The molecule has 0 spiro atoms. The molecule has 2 rings (SSSR count). The van der Waals surface area contributed by atoms with Crippen molar-refractivity contribution in [2.75, 3.05) is 25.6 Å². The minimum Gasteiger partial charge on any atom is -0.467 e. The number of hydrogen-bond donors (Lipinski definition) is 0. The van der Waals surface area contributed by atoms with Crippen molar-refractivity contribution in [3.63, 3.8) is 0 Å². The van der Waals surface area contributed by atoms with E-state index in [1.54, 1.807) is 14.0 Å². The van der Waals surface area contributed by atoms with E-state index in [0.29, 0.717) is 17.1 Å². The molecule has 1 aliphatic rings. The molecule has 0 radical (unpaired) electrons. The summed E-state index contributed by atoms with van der Waals surface area (Å²) >= 11 is 0. The van der Waals surface area contributed by atoms with Gasteiger partial charge in [0.1, 0.15) is 5.82 Å². The number of halogens is 2. The van der Waals surface area contributed by atoms with Crippen LogP contribution in [0.3, 0.4) is 0 Å². The number of hydrogen-bond acceptors (Lipinski definition) is 4. The van der Waals surface area contributed by atoms with E-state index in [1.807, 2.05) is 0 Å². The molecule has 1 aliphatic heterocycles. The monoisotopic (exact) mass is 229 g/mol. The molecular formula is C10H13F2N3O. The molecule has 4 nitrogen and oxygen atoms in total. The molecule has 0 bridgehead atoms. The molecule has 0 saturated heterocycles. The first-order valence-electron chi connectivity index (χ1n) is 4.93. The Morgan fingerprint density at radius 1 is 1.38 bits per heavy atom. The molecule has 0 atom stereocenters. The Balaban J connectivity index is 2.52. The summed E-state index contributed by atoms with van der Waals surface area (Å²) in [6.07, 6.45) is -0.303. The van der Waals surface area contributed by atoms with Gasteiger partial charge in [-0.15, -0.1) is 0 Å². The Hall–Kier alpha value is -1.46. The number of fused-ring (bicyclic) bond motifs is 1. The molecule has 88 valence electrons. The Morgan fingerprint density at radius 2 is 2.06 bits per heavy atom. The summed E-state index contributed by atoms with van der Waals surface area (Å²) in [6.45, 7) is 1.37. The standard InChI is InChI=1S/C10H13F2N3O/c1-6-7-4-10(11,12)5-15(2)8(7)14-9(13-6)16-3/h4-5H2,1-3H3. The number of nitrogens with zero attached hydrogens (tertiary/aromatic N) is 3. The van der Waals surface area contributed by atoms with E-state index in [0.717, 1.165) is 0 Å². The Morgan fingerprint density at radius 3 is 2.69 bits per heavy atom. The number of methoxy groups -OCH3 is 1. The zero-order valence-electron chi connectivity index (χ0n) is 9.42. The predicted molar refractivity (Wildman–Crippen MR) is 55.2 cm³/mol. The zero-order chi connectivity index (χ0) is 11.9. The minimum atomic E-state index is -2.72. The largest absolute Gasteiger partial charge is 0.467 e. The zero-order valence-corrected chi connectivity index (χ0v) is 9.42. The fourth-order valence-corrected chi connectivity index (χ4v) is 1.91. The second-order valence-corrected chi connectivity index (χ2v) is 3.99. The third-order valence-electron chi connectivity index (χ3n) is 2.62. The molecule has 0 aliphatic carbocycles. The lowest BCUT2D eigenvalue weighted by molar-refractivity contribution is 0.00579. The molecule has 1 aromatic heterocycles. The van der Waals surface area contributed by atoms with Crippen molar-refractivity contribution < 1.29 is 13.5 Å². The summed E-state index contributed by atoms with van der Waals surface area (Å²) in [5, 5.41) is 0. The highest BCUT2D eigenvalue weighted by molar-refractivity contribution is 5.52. The quantitative estimate of drug-likeness (QED) is 0.730. The van der Waals surface area contributed by atoms with Gasteiger partial charge in [-0.3, -0.25) is 0 Å². The van der Waals surface area contributed by atoms with Crippen molar-refractivity contribution in [2.24, 2.45) is 0 Å². The van der Waals surface area contributed by atoms with Crippen LogP contribution in [0.4, 0.5) is 14.6 Å². The number of aryl methyl sites for hydroxylation is 1. The highest BCUT2D eigenvalue weighted by Gasteiger charge is 2.39. The van der Waals surface area contributed by atoms with E-state index >= 15 is 0 Å². The maximum absolute atomic E-state index is 13.4. The van der Waals surface area contributed by atoms with Crippen LogP contribution >= 0.6 is 0 Å². The molecule has 16 heavy (non-hydrogen) atoms. The molecule has 6 heteroatoms. The first-order valence-corrected chi connectivity index (χ1v) is 4.93. The van der Waals surface area contributed by atoms with E-state index in [9.17, 15) is 8.78 Å². The third kappa shape index (κ3) is 1.79. The first kappa shape index (κ1) is 11.0. The van der Waals surface area contributed by atoms with Gasteiger partial charge in [0.25, 0.3) is 5.92 Å². The normalized spacial score (nSPS) is 18.2. The molecular weight excluding hydrogens is 216 g/mol. The van der Waals surface area contributed by atoms with E-state index in [4.69, 9.17) is 4.74 Å². The van der Waals surface area contributed by atoms with Gasteiger partial charge in [0.05, 0.1) is 19.3 Å².